The highest BCUT2D eigenvalue weighted by atomic mass is 16.5. The van der Waals surface area contributed by atoms with E-state index in [2.05, 4.69) is 19.2 Å². The van der Waals surface area contributed by atoms with Gasteiger partial charge in [0.15, 0.2) is 11.9 Å². The Morgan fingerprint density at radius 3 is 2.07 bits per heavy atom. The normalized spacial score (nSPS) is 18.5. The Morgan fingerprint density at radius 2 is 1.49 bits per heavy atom. The zero-order valence-corrected chi connectivity index (χ0v) is 25.5. The SMILES string of the molecule is CC(C)=CC=CC=C(C)C=CC=C(C)C=CC1=C(C)C(=O)C(OC(=O)CCC(=O)NC(CO)(CO)CO)CC1(C)C. The number of hydrogen-bond donors (Lipinski definition) is 4. The van der Waals surface area contributed by atoms with E-state index in [1.54, 1.807) is 6.92 Å². The maximum atomic E-state index is 13.1. The summed E-state index contributed by atoms with van der Waals surface area (Å²) < 4.78 is 5.46. The second-order valence-corrected chi connectivity index (χ2v) is 11.4. The standard InChI is InChI=1S/C33H47NO7/c1-23(2)11-8-9-12-24(3)13-10-14-25(4)15-16-27-26(5)31(40)28(19-32(27,6)7)41-30(39)18-17-29(38)34-33(20-35,21-36)22-37/h8-16,28,35-37H,17-22H2,1-7H3,(H,34,38). The summed E-state index contributed by atoms with van der Waals surface area (Å²) in [5, 5.41) is 30.3. The Morgan fingerprint density at radius 1 is 0.927 bits per heavy atom. The van der Waals surface area contributed by atoms with Gasteiger partial charge in [0, 0.05) is 12.8 Å². The molecule has 1 amide bonds. The summed E-state index contributed by atoms with van der Waals surface area (Å²) in [6, 6.07) is 0. The van der Waals surface area contributed by atoms with Crippen LogP contribution in [-0.4, -0.2) is 64.4 Å². The smallest absolute Gasteiger partial charge is 0.307 e. The van der Waals surface area contributed by atoms with E-state index in [1.165, 1.54) is 5.57 Å². The lowest BCUT2D eigenvalue weighted by molar-refractivity contribution is -0.156. The number of Topliss-reactive ketones (excluding diaryl/α,β-unsaturated/α-hetero) is 1. The number of ether oxygens (including phenoxy) is 1. The van der Waals surface area contributed by atoms with Crippen molar-refractivity contribution in [1.82, 2.24) is 5.32 Å². The number of amides is 1. The second-order valence-electron chi connectivity index (χ2n) is 11.4. The molecule has 0 saturated carbocycles. The van der Waals surface area contributed by atoms with Crippen LogP contribution in [0.25, 0.3) is 0 Å². The summed E-state index contributed by atoms with van der Waals surface area (Å²) in [5.74, 6) is -1.62. The van der Waals surface area contributed by atoms with Crippen LogP contribution in [0.3, 0.4) is 0 Å². The fourth-order valence-electron chi connectivity index (χ4n) is 4.19. The predicted molar refractivity (Wildman–Crippen MR) is 162 cm³/mol. The first-order valence-electron chi connectivity index (χ1n) is 13.8. The van der Waals surface area contributed by atoms with Crippen molar-refractivity contribution in [2.24, 2.45) is 5.41 Å². The van der Waals surface area contributed by atoms with Gasteiger partial charge in [0.1, 0.15) is 5.54 Å². The number of aliphatic hydroxyl groups excluding tert-OH is 3. The van der Waals surface area contributed by atoms with Gasteiger partial charge in [0.2, 0.25) is 5.91 Å². The van der Waals surface area contributed by atoms with E-state index in [1.807, 2.05) is 82.4 Å². The Balaban J connectivity index is 2.84. The maximum absolute atomic E-state index is 13.1. The molecule has 41 heavy (non-hydrogen) atoms. The molecule has 0 saturated heterocycles. The number of carbonyl (C=O) groups is 3. The first kappa shape index (κ1) is 35.7. The van der Waals surface area contributed by atoms with Crippen LogP contribution in [0, 0.1) is 5.41 Å². The van der Waals surface area contributed by atoms with Gasteiger partial charge in [-0.3, -0.25) is 14.4 Å². The molecular weight excluding hydrogens is 522 g/mol. The number of allylic oxidation sites excluding steroid dienone is 13. The van der Waals surface area contributed by atoms with E-state index in [4.69, 9.17) is 4.74 Å². The third kappa shape index (κ3) is 12.0. The van der Waals surface area contributed by atoms with Gasteiger partial charge >= 0.3 is 5.97 Å². The molecule has 4 N–H and O–H groups in total. The van der Waals surface area contributed by atoms with Crippen molar-refractivity contribution in [2.75, 3.05) is 19.8 Å². The molecule has 1 rings (SSSR count). The van der Waals surface area contributed by atoms with Crippen molar-refractivity contribution in [3.63, 3.8) is 0 Å². The summed E-state index contributed by atoms with van der Waals surface area (Å²) in [5.41, 5.74) is 2.76. The lowest BCUT2D eigenvalue weighted by Gasteiger charge is -2.36. The van der Waals surface area contributed by atoms with E-state index in [9.17, 15) is 29.7 Å². The van der Waals surface area contributed by atoms with Crippen molar-refractivity contribution >= 4 is 17.7 Å². The summed E-state index contributed by atoms with van der Waals surface area (Å²) >= 11 is 0. The van der Waals surface area contributed by atoms with Crippen molar-refractivity contribution in [1.29, 1.82) is 0 Å². The number of nitrogens with one attached hydrogen (secondary N) is 1. The molecule has 0 radical (unpaired) electrons. The Kier molecular flexibility index (Phi) is 14.6. The van der Waals surface area contributed by atoms with E-state index in [0.29, 0.717) is 12.0 Å². The lowest BCUT2D eigenvalue weighted by atomic mass is 9.71. The average molecular weight is 570 g/mol. The van der Waals surface area contributed by atoms with Gasteiger partial charge in [-0.2, -0.15) is 0 Å². The molecule has 8 heteroatoms. The fraction of sp³-hybridized carbons (Fsp3) is 0.485. The summed E-state index contributed by atoms with van der Waals surface area (Å²) in [6.45, 7) is 11.8. The van der Waals surface area contributed by atoms with Crippen LogP contribution in [0.2, 0.25) is 0 Å². The maximum Gasteiger partial charge on any atom is 0.307 e. The molecule has 0 aromatic rings. The number of carbonyl (C=O) groups excluding carboxylic acids is 3. The molecule has 0 bridgehead atoms. The molecule has 226 valence electrons. The van der Waals surface area contributed by atoms with E-state index in [-0.39, 0.29) is 18.6 Å². The molecule has 0 spiro atoms. The highest BCUT2D eigenvalue weighted by Gasteiger charge is 2.40. The molecule has 1 atom stereocenters. The number of ketones is 1. The minimum atomic E-state index is -1.57. The van der Waals surface area contributed by atoms with Crippen LogP contribution in [0.4, 0.5) is 0 Å². The fourth-order valence-corrected chi connectivity index (χ4v) is 4.19. The molecule has 0 aliphatic heterocycles. The third-order valence-electron chi connectivity index (χ3n) is 6.76. The minimum Gasteiger partial charge on any atom is -0.454 e. The summed E-state index contributed by atoms with van der Waals surface area (Å²) in [7, 11) is 0. The van der Waals surface area contributed by atoms with Crippen molar-refractivity contribution in [3.05, 3.63) is 82.5 Å². The molecule has 0 fully saturated rings. The number of hydrogen-bond acceptors (Lipinski definition) is 7. The van der Waals surface area contributed by atoms with Crippen molar-refractivity contribution in [3.8, 4) is 0 Å². The van der Waals surface area contributed by atoms with Crippen LogP contribution >= 0.6 is 0 Å². The second kappa shape index (κ2) is 16.8. The van der Waals surface area contributed by atoms with Gasteiger partial charge in [0.25, 0.3) is 0 Å². The average Bonchev–Trinajstić information content (AvgIpc) is 2.91. The molecule has 1 unspecified atom stereocenters. The van der Waals surface area contributed by atoms with Gasteiger partial charge < -0.3 is 25.4 Å². The van der Waals surface area contributed by atoms with E-state index in [0.717, 1.165) is 16.7 Å². The summed E-state index contributed by atoms with van der Waals surface area (Å²) in [4.78, 5) is 37.7. The molecular formula is C33H47NO7. The van der Waals surface area contributed by atoms with E-state index >= 15 is 0 Å². The van der Waals surface area contributed by atoms with Gasteiger partial charge in [-0.15, -0.1) is 0 Å². The first-order valence-corrected chi connectivity index (χ1v) is 13.8. The number of esters is 1. The zero-order chi connectivity index (χ0) is 31.2. The number of aliphatic hydroxyl groups is 3. The van der Waals surface area contributed by atoms with Crippen LogP contribution in [0.5, 0.6) is 0 Å². The van der Waals surface area contributed by atoms with Crippen LogP contribution in [-0.2, 0) is 19.1 Å². The lowest BCUT2D eigenvalue weighted by Crippen LogP contribution is -2.57. The largest absolute Gasteiger partial charge is 0.454 e. The third-order valence-corrected chi connectivity index (χ3v) is 6.76. The highest BCUT2D eigenvalue weighted by Crippen LogP contribution is 2.40. The van der Waals surface area contributed by atoms with E-state index < -0.39 is 48.8 Å². The molecule has 0 aromatic carbocycles. The van der Waals surface area contributed by atoms with Gasteiger partial charge in [-0.25, -0.2) is 0 Å². The Labute approximate surface area is 244 Å². The van der Waals surface area contributed by atoms with Crippen molar-refractivity contribution in [2.45, 2.75) is 79.4 Å². The quantitative estimate of drug-likeness (QED) is 0.181. The zero-order valence-electron chi connectivity index (χ0n) is 25.5. The first-order chi connectivity index (χ1) is 19.2. The minimum absolute atomic E-state index is 0.273. The Hall–Kier alpha value is -3.33. The van der Waals surface area contributed by atoms with Crippen LogP contribution in [0.1, 0.15) is 67.7 Å². The van der Waals surface area contributed by atoms with Gasteiger partial charge in [-0.05, 0) is 51.2 Å². The predicted octanol–water partition coefficient (Wildman–Crippen LogP) is 4.35. The van der Waals surface area contributed by atoms with Gasteiger partial charge in [0.05, 0.1) is 26.2 Å². The van der Waals surface area contributed by atoms with Crippen LogP contribution in [0.15, 0.2) is 82.5 Å². The molecule has 1 aliphatic carbocycles. The van der Waals surface area contributed by atoms with Crippen LogP contribution < -0.4 is 5.32 Å². The highest BCUT2D eigenvalue weighted by molar-refractivity contribution is 6.01. The van der Waals surface area contributed by atoms with Crippen molar-refractivity contribution < 1.29 is 34.4 Å². The Bertz CT molecular complexity index is 1150. The molecule has 1 aliphatic rings. The molecule has 0 heterocycles. The topological polar surface area (TPSA) is 133 Å². The summed E-state index contributed by atoms with van der Waals surface area (Å²) in [6.07, 6.45) is 16.8. The number of rotatable bonds is 14. The molecule has 0 aromatic heterocycles. The monoisotopic (exact) mass is 569 g/mol. The van der Waals surface area contributed by atoms with Gasteiger partial charge in [-0.1, -0.05) is 85.3 Å². The molecule has 8 nitrogen and oxygen atoms in total.